The Balaban J connectivity index is 1.81. The number of pyridine rings is 2. The fourth-order valence-corrected chi connectivity index (χ4v) is 3.28. The standard InChI is InChI=1S/C20H27N5O/c1-14(2)23-19-17(20(26)21-3)11-16-6-9-25(10-7-18(16)24-19)13-15-5-4-8-22-12-15/h4-5,8,11-12,14H,6-7,9-10,13H2,1-3H3,(H,21,26)(H,23,24). The molecule has 0 saturated carbocycles. The van der Waals surface area contributed by atoms with Gasteiger partial charge >= 0.3 is 0 Å². The Morgan fingerprint density at radius 2 is 2.12 bits per heavy atom. The molecule has 0 unspecified atom stereocenters. The molecule has 0 atom stereocenters. The number of nitrogens with zero attached hydrogens (tertiary/aromatic N) is 3. The van der Waals surface area contributed by atoms with Crippen molar-refractivity contribution in [2.75, 3.05) is 25.5 Å². The van der Waals surface area contributed by atoms with E-state index in [0.717, 1.165) is 38.2 Å². The molecule has 1 amide bonds. The first kappa shape index (κ1) is 18.3. The summed E-state index contributed by atoms with van der Waals surface area (Å²) in [5.74, 6) is 0.582. The van der Waals surface area contributed by atoms with Crippen molar-refractivity contribution in [2.45, 2.75) is 39.3 Å². The topological polar surface area (TPSA) is 70.2 Å². The third-order valence-corrected chi connectivity index (χ3v) is 4.58. The monoisotopic (exact) mass is 353 g/mol. The number of hydrogen-bond acceptors (Lipinski definition) is 5. The van der Waals surface area contributed by atoms with Crippen LogP contribution >= 0.6 is 0 Å². The second-order valence-corrected chi connectivity index (χ2v) is 7.01. The lowest BCUT2D eigenvalue weighted by molar-refractivity contribution is 0.0963. The Labute approximate surface area is 155 Å². The average molecular weight is 353 g/mol. The van der Waals surface area contributed by atoms with Crippen LogP contribution in [0.4, 0.5) is 5.82 Å². The molecular formula is C20H27N5O. The van der Waals surface area contributed by atoms with Crippen molar-refractivity contribution in [2.24, 2.45) is 0 Å². The van der Waals surface area contributed by atoms with Gasteiger partial charge in [-0.3, -0.25) is 14.7 Å². The van der Waals surface area contributed by atoms with Crippen LogP contribution in [0.15, 0.2) is 30.6 Å². The highest BCUT2D eigenvalue weighted by molar-refractivity contribution is 5.98. The summed E-state index contributed by atoms with van der Waals surface area (Å²) in [6.45, 7) is 6.90. The third kappa shape index (κ3) is 4.38. The summed E-state index contributed by atoms with van der Waals surface area (Å²) in [4.78, 5) is 23.7. The van der Waals surface area contributed by atoms with E-state index in [1.165, 1.54) is 11.1 Å². The molecule has 0 fully saturated rings. The molecule has 3 rings (SSSR count). The smallest absolute Gasteiger partial charge is 0.254 e. The minimum atomic E-state index is -0.0973. The number of aromatic nitrogens is 2. The van der Waals surface area contributed by atoms with Crippen molar-refractivity contribution < 1.29 is 4.79 Å². The van der Waals surface area contributed by atoms with Gasteiger partial charge in [0, 0.05) is 57.2 Å². The zero-order valence-corrected chi connectivity index (χ0v) is 15.7. The zero-order valence-electron chi connectivity index (χ0n) is 15.7. The maximum Gasteiger partial charge on any atom is 0.254 e. The second-order valence-electron chi connectivity index (χ2n) is 7.01. The molecule has 26 heavy (non-hydrogen) atoms. The lowest BCUT2D eigenvalue weighted by Crippen LogP contribution is -2.26. The van der Waals surface area contributed by atoms with Crippen molar-refractivity contribution in [1.29, 1.82) is 0 Å². The Bertz CT molecular complexity index is 760. The van der Waals surface area contributed by atoms with Crippen LogP contribution in [0.1, 0.15) is 41.0 Å². The normalized spacial score (nSPS) is 14.6. The Morgan fingerprint density at radius 3 is 2.81 bits per heavy atom. The maximum atomic E-state index is 12.3. The molecule has 2 aromatic rings. The minimum absolute atomic E-state index is 0.0973. The van der Waals surface area contributed by atoms with Crippen LogP contribution in [0.25, 0.3) is 0 Å². The summed E-state index contributed by atoms with van der Waals surface area (Å²) in [6.07, 6.45) is 5.50. The van der Waals surface area contributed by atoms with Gasteiger partial charge in [0.2, 0.25) is 0 Å². The number of rotatable bonds is 5. The molecule has 6 nitrogen and oxygen atoms in total. The molecule has 1 aliphatic rings. The molecular weight excluding hydrogens is 326 g/mol. The van der Waals surface area contributed by atoms with Gasteiger partial charge in [0.25, 0.3) is 5.91 Å². The van der Waals surface area contributed by atoms with Gasteiger partial charge in [0.1, 0.15) is 5.82 Å². The van der Waals surface area contributed by atoms with E-state index >= 15 is 0 Å². The fourth-order valence-electron chi connectivity index (χ4n) is 3.28. The average Bonchev–Trinajstić information content (AvgIpc) is 2.83. The van der Waals surface area contributed by atoms with Crippen LogP contribution in [-0.2, 0) is 19.4 Å². The van der Waals surface area contributed by atoms with E-state index in [1.54, 1.807) is 13.2 Å². The van der Waals surface area contributed by atoms with Crippen molar-refractivity contribution in [3.8, 4) is 0 Å². The van der Waals surface area contributed by atoms with E-state index in [1.807, 2.05) is 18.3 Å². The first-order valence-corrected chi connectivity index (χ1v) is 9.19. The van der Waals surface area contributed by atoms with E-state index in [9.17, 15) is 4.79 Å². The summed E-state index contributed by atoms with van der Waals surface area (Å²) in [5.41, 5.74) is 4.11. The first-order chi connectivity index (χ1) is 12.6. The molecule has 3 heterocycles. The van der Waals surface area contributed by atoms with Crippen LogP contribution in [0.2, 0.25) is 0 Å². The number of anilines is 1. The van der Waals surface area contributed by atoms with E-state index in [2.05, 4.69) is 40.4 Å². The van der Waals surface area contributed by atoms with E-state index < -0.39 is 0 Å². The molecule has 1 aliphatic heterocycles. The predicted molar refractivity (Wildman–Crippen MR) is 103 cm³/mol. The Hall–Kier alpha value is -2.47. The molecule has 2 aromatic heterocycles. The number of fused-ring (bicyclic) bond motifs is 1. The van der Waals surface area contributed by atoms with Crippen LogP contribution in [0.5, 0.6) is 0 Å². The molecule has 0 bridgehead atoms. The summed E-state index contributed by atoms with van der Waals surface area (Å²) >= 11 is 0. The molecule has 0 spiro atoms. The van der Waals surface area contributed by atoms with E-state index in [0.29, 0.717) is 11.4 Å². The zero-order chi connectivity index (χ0) is 18.5. The van der Waals surface area contributed by atoms with Gasteiger partial charge < -0.3 is 10.6 Å². The molecule has 138 valence electrons. The predicted octanol–water partition coefficient (Wildman–Crippen LogP) is 2.26. The summed E-state index contributed by atoms with van der Waals surface area (Å²) in [5, 5.41) is 6.04. The summed E-state index contributed by atoms with van der Waals surface area (Å²) in [7, 11) is 1.66. The van der Waals surface area contributed by atoms with Gasteiger partial charge in [-0.15, -0.1) is 0 Å². The third-order valence-electron chi connectivity index (χ3n) is 4.58. The maximum absolute atomic E-state index is 12.3. The molecule has 2 N–H and O–H groups in total. The van der Waals surface area contributed by atoms with E-state index in [-0.39, 0.29) is 11.9 Å². The number of amides is 1. The van der Waals surface area contributed by atoms with Crippen molar-refractivity contribution in [3.05, 3.63) is 53.0 Å². The highest BCUT2D eigenvalue weighted by Gasteiger charge is 2.20. The van der Waals surface area contributed by atoms with Gasteiger partial charge in [-0.2, -0.15) is 0 Å². The largest absolute Gasteiger partial charge is 0.367 e. The molecule has 6 heteroatoms. The van der Waals surface area contributed by atoms with E-state index in [4.69, 9.17) is 4.98 Å². The number of carbonyl (C=O) groups excluding carboxylic acids is 1. The number of hydrogen-bond donors (Lipinski definition) is 2. The lowest BCUT2D eigenvalue weighted by Gasteiger charge is -2.19. The van der Waals surface area contributed by atoms with Crippen LogP contribution in [0, 0.1) is 0 Å². The molecule has 0 aliphatic carbocycles. The van der Waals surface area contributed by atoms with Crippen molar-refractivity contribution in [3.63, 3.8) is 0 Å². The summed E-state index contributed by atoms with van der Waals surface area (Å²) < 4.78 is 0. The minimum Gasteiger partial charge on any atom is -0.367 e. The van der Waals surface area contributed by atoms with Crippen LogP contribution in [0.3, 0.4) is 0 Å². The van der Waals surface area contributed by atoms with Gasteiger partial charge in [-0.1, -0.05) is 6.07 Å². The highest BCUT2D eigenvalue weighted by atomic mass is 16.1. The molecule has 0 saturated heterocycles. The fraction of sp³-hybridized carbons (Fsp3) is 0.450. The Morgan fingerprint density at radius 1 is 1.31 bits per heavy atom. The lowest BCUT2D eigenvalue weighted by atomic mass is 10.0. The quantitative estimate of drug-likeness (QED) is 0.863. The number of nitrogens with one attached hydrogen (secondary N) is 2. The molecule has 0 radical (unpaired) electrons. The van der Waals surface area contributed by atoms with Gasteiger partial charge in [0.15, 0.2) is 0 Å². The van der Waals surface area contributed by atoms with Gasteiger partial charge in [-0.25, -0.2) is 4.98 Å². The Kier molecular flexibility index (Phi) is 5.83. The van der Waals surface area contributed by atoms with Crippen LogP contribution < -0.4 is 10.6 Å². The van der Waals surface area contributed by atoms with Crippen molar-refractivity contribution in [1.82, 2.24) is 20.2 Å². The second kappa shape index (κ2) is 8.27. The number of carbonyl (C=O) groups is 1. The highest BCUT2D eigenvalue weighted by Crippen LogP contribution is 2.23. The summed E-state index contributed by atoms with van der Waals surface area (Å²) in [6, 6.07) is 6.32. The van der Waals surface area contributed by atoms with Crippen LogP contribution in [-0.4, -0.2) is 47.0 Å². The molecule has 0 aromatic carbocycles. The SMILES string of the molecule is CNC(=O)c1cc2c(nc1NC(C)C)CCN(Cc1cccnc1)CC2. The first-order valence-electron chi connectivity index (χ1n) is 9.19. The van der Waals surface area contributed by atoms with Gasteiger partial charge in [-0.05, 0) is 43.5 Å². The van der Waals surface area contributed by atoms with Gasteiger partial charge in [0.05, 0.1) is 5.56 Å². The van der Waals surface area contributed by atoms with Crippen molar-refractivity contribution >= 4 is 11.7 Å².